The Labute approximate surface area is 165 Å². The molecule has 1 aromatic rings. The predicted molar refractivity (Wildman–Crippen MR) is 105 cm³/mol. The third kappa shape index (κ3) is 4.52. The minimum absolute atomic E-state index is 0.0487. The molecular weight excluding hydrogens is 362 g/mol. The summed E-state index contributed by atoms with van der Waals surface area (Å²) in [5.74, 6) is 0.256. The second-order valence-electron chi connectivity index (χ2n) is 7.83. The Morgan fingerprint density at radius 2 is 1.93 bits per heavy atom. The van der Waals surface area contributed by atoms with Gasteiger partial charge in [0.15, 0.2) is 0 Å². The third-order valence-electron chi connectivity index (χ3n) is 5.96. The largest absolute Gasteiger partial charge is 0.377 e. The lowest BCUT2D eigenvalue weighted by molar-refractivity contribution is -0.138. The molecule has 4 heterocycles. The number of piperidine rings is 1. The van der Waals surface area contributed by atoms with Crippen LogP contribution in [-0.4, -0.2) is 85.0 Å². The lowest BCUT2D eigenvalue weighted by atomic mass is 9.96. The van der Waals surface area contributed by atoms with E-state index in [9.17, 15) is 9.59 Å². The fraction of sp³-hybridized carbons (Fsp3) is 0.700. The minimum Gasteiger partial charge on any atom is -0.377 e. The summed E-state index contributed by atoms with van der Waals surface area (Å²) in [4.78, 5) is 32.7. The molecule has 3 fully saturated rings. The number of likely N-dealkylation sites (tertiary alicyclic amines) is 1. The maximum atomic E-state index is 13.0. The Morgan fingerprint density at radius 1 is 1.07 bits per heavy atom. The van der Waals surface area contributed by atoms with Crippen molar-refractivity contribution in [3.8, 4) is 0 Å². The van der Waals surface area contributed by atoms with Gasteiger partial charge in [-0.25, -0.2) is 0 Å². The molecule has 6 nitrogen and oxygen atoms in total. The van der Waals surface area contributed by atoms with E-state index < -0.39 is 0 Å². The van der Waals surface area contributed by atoms with Gasteiger partial charge in [-0.05, 0) is 37.1 Å². The van der Waals surface area contributed by atoms with Crippen LogP contribution >= 0.6 is 11.3 Å². The number of thiophene rings is 1. The van der Waals surface area contributed by atoms with Gasteiger partial charge >= 0.3 is 0 Å². The number of carbonyl (C=O) groups is 2. The zero-order chi connectivity index (χ0) is 18.6. The number of piperazine rings is 1. The van der Waals surface area contributed by atoms with Gasteiger partial charge in [-0.3, -0.25) is 14.5 Å². The van der Waals surface area contributed by atoms with Crippen molar-refractivity contribution in [2.45, 2.75) is 31.8 Å². The topological polar surface area (TPSA) is 53.1 Å². The highest BCUT2D eigenvalue weighted by molar-refractivity contribution is 7.12. The number of hydrogen-bond donors (Lipinski definition) is 0. The molecule has 3 aliphatic rings. The summed E-state index contributed by atoms with van der Waals surface area (Å²) in [5.41, 5.74) is 0. The summed E-state index contributed by atoms with van der Waals surface area (Å²) in [6, 6.07) is 3.77. The van der Waals surface area contributed by atoms with Gasteiger partial charge in [-0.2, -0.15) is 0 Å². The number of amides is 2. The molecule has 4 rings (SSSR count). The number of ether oxygens (including phenoxy) is 1. The molecule has 0 bridgehead atoms. The molecule has 1 aromatic heterocycles. The SMILES string of the molecule is O=C(c1cccs1)N1CCCC(C(=O)N2CCN(CC3CCCO3)CC2)C1. The summed E-state index contributed by atoms with van der Waals surface area (Å²) in [6.07, 6.45) is 4.51. The van der Waals surface area contributed by atoms with Crippen molar-refractivity contribution in [3.05, 3.63) is 22.4 Å². The molecule has 148 valence electrons. The van der Waals surface area contributed by atoms with Gasteiger partial charge in [0.05, 0.1) is 16.9 Å². The highest BCUT2D eigenvalue weighted by atomic mass is 32.1. The summed E-state index contributed by atoms with van der Waals surface area (Å²) in [7, 11) is 0. The molecule has 0 aliphatic carbocycles. The number of rotatable bonds is 4. The van der Waals surface area contributed by atoms with Gasteiger partial charge in [-0.15, -0.1) is 11.3 Å². The lowest BCUT2D eigenvalue weighted by Gasteiger charge is -2.39. The van der Waals surface area contributed by atoms with Crippen molar-refractivity contribution >= 4 is 23.2 Å². The first kappa shape index (κ1) is 18.9. The smallest absolute Gasteiger partial charge is 0.263 e. The van der Waals surface area contributed by atoms with Crippen LogP contribution in [0.2, 0.25) is 0 Å². The predicted octanol–water partition coefficient (Wildman–Crippen LogP) is 1.92. The molecular formula is C20H29N3O3S. The Kier molecular flexibility index (Phi) is 6.10. The van der Waals surface area contributed by atoms with Gasteiger partial charge in [0.1, 0.15) is 0 Å². The fourth-order valence-electron chi connectivity index (χ4n) is 4.40. The van der Waals surface area contributed by atoms with Gasteiger partial charge in [0.2, 0.25) is 5.91 Å². The van der Waals surface area contributed by atoms with Crippen molar-refractivity contribution in [3.63, 3.8) is 0 Å². The summed E-state index contributed by atoms with van der Waals surface area (Å²) >= 11 is 1.47. The van der Waals surface area contributed by atoms with Crippen LogP contribution in [0, 0.1) is 5.92 Å². The van der Waals surface area contributed by atoms with Gasteiger partial charge in [0, 0.05) is 52.4 Å². The Hall–Kier alpha value is -1.44. The third-order valence-corrected chi connectivity index (χ3v) is 6.82. The van der Waals surface area contributed by atoms with E-state index in [1.807, 2.05) is 27.3 Å². The molecule has 3 aliphatic heterocycles. The average Bonchev–Trinajstić information content (AvgIpc) is 3.42. The van der Waals surface area contributed by atoms with E-state index >= 15 is 0 Å². The normalized spacial score (nSPS) is 27.1. The van der Waals surface area contributed by atoms with Crippen molar-refractivity contribution in [2.24, 2.45) is 5.92 Å². The minimum atomic E-state index is -0.0487. The van der Waals surface area contributed by atoms with Gasteiger partial charge < -0.3 is 14.5 Å². The van der Waals surface area contributed by atoms with Crippen molar-refractivity contribution in [1.82, 2.24) is 14.7 Å². The fourth-order valence-corrected chi connectivity index (χ4v) is 5.10. The van der Waals surface area contributed by atoms with E-state index in [1.165, 1.54) is 17.8 Å². The molecule has 7 heteroatoms. The lowest BCUT2D eigenvalue weighted by Crippen LogP contribution is -2.53. The molecule has 3 saturated heterocycles. The van der Waals surface area contributed by atoms with E-state index in [0.29, 0.717) is 12.6 Å². The highest BCUT2D eigenvalue weighted by Crippen LogP contribution is 2.23. The number of hydrogen-bond acceptors (Lipinski definition) is 5. The van der Waals surface area contributed by atoms with E-state index in [-0.39, 0.29) is 17.7 Å². The summed E-state index contributed by atoms with van der Waals surface area (Å²) in [6.45, 7) is 6.65. The highest BCUT2D eigenvalue weighted by Gasteiger charge is 2.33. The second kappa shape index (κ2) is 8.71. The van der Waals surface area contributed by atoms with Crippen LogP contribution in [0.3, 0.4) is 0 Å². The van der Waals surface area contributed by atoms with Crippen molar-refractivity contribution in [2.75, 3.05) is 52.4 Å². The van der Waals surface area contributed by atoms with Crippen molar-refractivity contribution in [1.29, 1.82) is 0 Å². The van der Waals surface area contributed by atoms with Gasteiger partial charge in [-0.1, -0.05) is 6.07 Å². The molecule has 0 aromatic carbocycles. The molecule has 2 amide bonds. The van der Waals surface area contributed by atoms with E-state index in [0.717, 1.165) is 70.0 Å². The zero-order valence-electron chi connectivity index (χ0n) is 15.8. The standard InChI is InChI=1S/C20H29N3O3S/c24-19(22-10-8-21(9-11-22)15-17-5-2-12-26-17)16-4-1-7-23(14-16)20(25)18-6-3-13-27-18/h3,6,13,16-17H,1-2,4-5,7-12,14-15H2. The van der Waals surface area contributed by atoms with E-state index in [2.05, 4.69) is 4.90 Å². The van der Waals surface area contributed by atoms with Crippen LogP contribution in [0.5, 0.6) is 0 Å². The molecule has 27 heavy (non-hydrogen) atoms. The quantitative estimate of drug-likeness (QED) is 0.787. The van der Waals surface area contributed by atoms with Crippen LogP contribution in [-0.2, 0) is 9.53 Å². The molecule has 0 spiro atoms. The molecule has 0 N–H and O–H groups in total. The molecule has 2 unspecified atom stereocenters. The number of nitrogens with zero attached hydrogens (tertiary/aromatic N) is 3. The Morgan fingerprint density at radius 3 is 2.63 bits per heavy atom. The summed E-state index contributed by atoms with van der Waals surface area (Å²) < 4.78 is 5.73. The van der Waals surface area contributed by atoms with Crippen LogP contribution in [0.15, 0.2) is 17.5 Å². The van der Waals surface area contributed by atoms with Crippen LogP contribution in [0.4, 0.5) is 0 Å². The van der Waals surface area contributed by atoms with Crippen LogP contribution < -0.4 is 0 Å². The zero-order valence-corrected chi connectivity index (χ0v) is 16.7. The van der Waals surface area contributed by atoms with Crippen LogP contribution in [0.1, 0.15) is 35.4 Å². The maximum absolute atomic E-state index is 13.0. The van der Waals surface area contributed by atoms with Crippen molar-refractivity contribution < 1.29 is 14.3 Å². The Balaban J connectivity index is 1.27. The first-order valence-electron chi connectivity index (χ1n) is 10.2. The van der Waals surface area contributed by atoms with Gasteiger partial charge in [0.25, 0.3) is 5.91 Å². The first-order valence-corrected chi connectivity index (χ1v) is 11.0. The van der Waals surface area contributed by atoms with Crippen LogP contribution in [0.25, 0.3) is 0 Å². The molecule has 0 radical (unpaired) electrons. The average molecular weight is 392 g/mol. The monoisotopic (exact) mass is 391 g/mol. The molecule has 2 atom stereocenters. The first-order chi connectivity index (χ1) is 13.2. The Bertz CT molecular complexity index is 637. The maximum Gasteiger partial charge on any atom is 0.263 e. The summed E-state index contributed by atoms with van der Waals surface area (Å²) in [5, 5.41) is 1.93. The molecule has 0 saturated carbocycles. The number of carbonyl (C=O) groups excluding carboxylic acids is 2. The van der Waals surface area contributed by atoms with E-state index in [4.69, 9.17) is 4.74 Å². The van der Waals surface area contributed by atoms with E-state index in [1.54, 1.807) is 0 Å². The second-order valence-corrected chi connectivity index (χ2v) is 8.78.